The fourth-order valence-electron chi connectivity index (χ4n) is 2.83. The van der Waals surface area contributed by atoms with E-state index in [0.29, 0.717) is 23.9 Å². The van der Waals surface area contributed by atoms with Crippen molar-refractivity contribution < 1.29 is 8.42 Å². The molecule has 1 aromatic heterocycles. The van der Waals surface area contributed by atoms with Crippen LogP contribution >= 0.6 is 11.3 Å². The van der Waals surface area contributed by atoms with E-state index >= 15 is 0 Å². The van der Waals surface area contributed by atoms with E-state index in [1.165, 1.54) is 0 Å². The van der Waals surface area contributed by atoms with Crippen LogP contribution in [0.4, 0.5) is 0 Å². The van der Waals surface area contributed by atoms with Crippen LogP contribution in [-0.2, 0) is 10.0 Å². The lowest BCUT2D eigenvalue weighted by Crippen LogP contribution is -2.39. The molecule has 0 amide bonds. The van der Waals surface area contributed by atoms with Crippen LogP contribution in [0.5, 0.6) is 0 Å². The molecule has 4 nitrogen and oxygen atoms in total. The lowest BCUT2D eigenvalue weighted by Gasteiger charge is -2.30. The molecule has 1 fully saturated rings. The van der Waals surface area contributed by atoms with Gasteiger partial charge in [-0.3, -0.25) is 0 Å². The number of piperidine rings is 1. The van der Waals surface area contributed by atoms with Gasteiger partial charge in [-0.15, -0.1) is 11.3 Å². The van der Waals surface area contributed by atoms with E-state index in [0.717, 1.165) is 29.1 Å². The SMILES string of the molecule is Cc1nc(-c2cccc(S(=O)(=O)N3CCC[C@@H](C)C3)c2)cs1. The number of sulfonamides is 1. The van der Waals surface area contributed by atoms with Crippen molar-refractivity contribution in [1.29, 1.82) is 0 Å². The molecule has 0 saturated carbocycles. The van der Waals surface area contributed by atoms with Crippen molar-refractivity contribution in [3.05, 3.63) is 34.7 Å². The summed E-state index contributed by atoms with van der Waals surface area (Å²) in [6.07, 6.45) is 2.04. The zero-order valence-corrected chi connectivity index (χ0v) is 14.5. The van der Waals surface area contributed by atoms with Gasteiger partial charge in [0, 0.05) is 24.0 Å². The highest BCUT2D eigenvalue weighted by Gasteiger charge is 2.28. The highest BCUT2D eigenvalue weighted by Crippen LogP contribution is 2.27. The first-order valence-corrected chi connectivity index (χ1v) is 9.81. The van der Waals surface area contributed by atoms with E-state index in [1.54, 1.807) is 33.8 Å². The van der Waals surface area contributed by atoms with Crippen molar-refractivity contribution in [3.8, 4) is 11.3 Å². The smallest absolute Gasteiger partial charge is 0.242 e. The molecule has 2 heterocycles. The maximum Gasteiger partial charge on any atom is 0.243 e. The van der Waals surface area contributed by atoms with Crippen LogP contribution in [0.25, 0.3) is 11.3 Å². The first-order valence-electron chi connectivity index (χ1n) is 7.49. The van der Waals surface area contributed by atoms with Crippen molar-refractivity contribution in [3.63, 3.8) is 0 Å². The summed E-state index contributed by atoms with van der Waals surface area (Å²) >= 11 is 1.57. The fourth-order valence-corrected chi connectivity index (χ4v) is 5.09. The van der Waals surface area contributed by atoms with Gasteiger partial charge in [-0.2, -0.15) is 4.31 Å². The summed E-state index contributed by atoms with van der Waals surface area (Å²) in [5.41, 5.74) is 1.70. The van der Waals surface area contributed by atoms with Gasteiger partial charge in [0.2, 0.25) is 10.0 Å². The van der Waals surface area contributed by atoms with Crippen molar-refractivity contribution >= 4 is 21.4 Å². The van der Waals surface area contributed by atoms with E-state index in [1.807, 2.05) is 18.4 Å². The first kappa shape index (κ1) is 15.6. The lowest BCUT2D eigenvalue weighted by atomic mass is 10.0. The minimum absolute atomic E-state index is 0.366. The van der Waals surface area contributed by atoms with Crippen molar-refractivity contribution in [2.45, 2.75) is 31.6 Å². The maximum atomic E-state index is 12.8. The Morgan fingerprint density at radius 2 is 2.18 bits per heavy atom. The highest BCUT2D eigenvalue weighted by molar-refractivity contribution is 7.89. The molecule has 1 aliphatic rings. The molecule has 22 heavy (non-hydrogen) atoms. The van der Waals surface area contributed by atoms with E-state index < -0.39 is 10.0 Å². The molecular formula is C16H20N2O2S2. The second-order valence-corrected chi connectivity index (χ2v) is 8.89. The summed E-state index contributed by atoms with van der Waals surface area (Å²) in [6.45, 7) is 5.29. The molecular weight excluding hydrogens is 316 g/mol. The third-order valence-corrected chi connectivity index (χ3v) is 6.64. The predicted molar refractivity (Wildman–Crippen MR) is 89.4 cm³/mol. The standard InChI is InChI=1S/C16H20N2O2S2/c1-12-5-4-8-18(10-12)22(19,20)15-7-3-6-14(9-15)16-11-21-13(2)17-16/h3,6-7,9,11-12H,4-5,8,10H2,1-2H3/t12-/m1/s1. The van der Waals surface area contributed by atoms with Gasteiger partial charge in [-0.25, -0.2) is 13.4 Å². The van der Waals surface area contributed by atoms with Crippen LogP contribution < -0.4 is 0 Å². The van der Waals surface area contributed by atoms with Gasteiger partial charge < -0.3 is 0 Å². The molecule has 0 unspecified atom stereocenters. The van der Waals surface area contributed by atoms with E-state index in [2.05, 4.69) is 11.9 Å². The van der Waals surface area contributed by atoms with Crippen LogP contribution in [0.3, 0.4) is 0 Å². The Labute approximate surface area is 135 Å². The minimum Gasteiger partial charge on any atom is -0.242 e. The summed E-state index contributed by atoms with van der Waals surface area (Å²) in [5, 5.41) is 2.94. The zero-order chi connectivity index (χ0) is 15.7. The largest absolute Gasteiger partial charge is 0.243 e. The minimum atomic E-state index is -3.41. The van der Waals surface area contributed by atoms with E-state index in [-0.39, 0.29) is 0 Å². The van der Waals surface area contributed by atoms with Gasteiger partial charge in [-0.1, -0.05) is 19.1 Å². The van der Waals surface area contributed by atoms with Gasteiger partial charge in [-0.05, 0) is 37.8 Å². The summed E-state index contributed by atoms with van der Waals surface area (Å²) < 4.78 is 27.3. The molecule has 1 saturated heterocycles. The van der Waals surface area contributed by atoms with Gasteiger partial charge >= 0.3 is 0 Å². The first-order chi connectivity index (χ1) is 10.5. The number of aromatic nitrogens is 1. The van der Waals surface area contributed by atoms with Crippen molar-refractivity contribution in [2.75, 3.05) is 13.1 Å². The Balaban J connectivity index is 1.94. The number of nitrogens with zero attached hydrogens (tertiary/aromatic N) is 2. The Morgan fingerprint density at radius 3 is 2.86 bits per heavy atom. The number of aryl methyl sites for hydroxylation is 1. The Kier molecular flexibility index (Phi) is 4.34. The van der Waals surface area contributed by atoms with Crippen LogP contribution in [0, 0.1) is 12.8 Å². The van der Waals surface area contributed by atoms with E-state index in [9.17, 15) is 8.42 Å². The molecule has 3 rings (SSSR count). The molecule has 0 spiro atoms. The predicted octanol–water partition coefficient (Wildman–Crippen LogP) is 3.54. The second-order valence-electron chi connectivity index (χ2n) is 5.89. The Morgan fingerprint density at radius 1 is 1.36 bits per heavy atom. The van der Waals surface area contributed by atoms with Crippen LogP contribution in [-0.4, -0.2) is 30.8 Å². The van der Waals surface area contributed by atoms with E-state index in [4.69, 9.17) is 0 Å². The van der Waals surface area contributed by atoms with Crippen molar-refractivity contribution in [2.24, 2.45) is 5.92 Å². The number of hydrogen-bond acceptors (Lipinski definition) is 4. The molecule has 2 aromatic rings. The monoisotopic (exact) mass is 336 g/mol. The van der Waals surface area contributed by atoms with Gasteiger partial charge in [0.05, 0.1) is 15.6 Å². The number of thiazole rings is 1. The molecule has 0 radical (unpaired) electrons. The van der Waals surface area contributed by atoms with Crippen LogP contribution in [0.1, 0.15) is 24.8 Å². The Hall–Kier alpha value is -1.24. The van der Waals surface area contributed by atoms with Gasteiger partial charge in [0.25, 0.3) is 0 Å². The zero-order valence-electron chi connectivity index (χ0n) is 12.8. The molecule has 0 N–H and O–H groups in total. The molecule has 0 aliphatic carbocycles. The van der Waals surface area contributed by atoms with Crippen molar-refractivity contribution in [1.82, 2.24) is 9.29 Å². The molecule has 1 atom stereocenters. The summed E-state index contributed by atoms with van der Waals surface area (Å²) in [4.78, 5) is 4.80. The fraction of sp³-hybridized carbons (Fsp3) is 0.438. The molecule has 1 aliphatic heterocycles. The second kappa shape index (κ2) is 6.10. The third-order valence-electron chi connectivity index (χ3n) is 4.01. The third kappa shape index (κ3) is 3.09. The molecule has 0 bridgehead atoms. The summed E-state index contributed by atoms with van der Waals surface area (Å²) in [5.74, 6) is 0.424. The average molecular weight is 336 g/mol. The highest BCUT2D eigenvalue weighted by atomic mass is 32.2. The summed E-state index contributed by atoms with van der Waals surface area (Å²) in [7, 11) is -3.41. The van der Waals surface area contributed by atoms with Gasteiger partial charge in [0.15, 0.2) is 0 Å². The Bertz CT molecular complexity index is 768. The summed E-state index contributed by atoms with van der Waals surface area (Å²) in [6, 6.07) is 7.12. The molecule has 1 aromatic carbocycles. The van der Waals surface area contributed by atoms with Gasteiger partial charge in [0.1, 0.15) is 0 Å². The van der Waals surface area contributed by atoms with Crippen LogP contribution in [0.15, 0.2) is 34.5 Å². The quantitative estimate of drug-likeness (QED) is 0.861. The number of hydrogen-bond donors (Lipinski definition) is 0. The lowest BCUT2D eigenvalue weighted by molar-refractivity contribution is 0.281. The number of benzene rings is 1. The molecule has 118 valence electrons. The molecule has 6 heteroatoms. The average Bonchev–Trinajstić information content (AvgIpc) is 2.94. The number of rotatable bonds is 3. The normalized spacial score (nSPS) is 20.2. The topological polar surface area (TPSA) is 50.3 Å². The van der Waals surface area contributed by atoms with Crippen LogP contribution in [0.2, 0.25) is 0 Å². The maximum absolute atomic E-state index is 12.8.